The molecule has 0 spiro atoms. The van der Waals surface area contributed by atoms with Gasteiger partial charge in [0.05, 0.1) is 6.20 Å². The molecule has 0 fully saturated rings. The van der Waals surface area contributed by atoms with Crippen LogP contribution in [-0.4, -0.2) is 25.9 Å². The van der Waals surface area contributed by atoms with Crippen molar-refractivity contribution >= 4 is 28.5 Å². The van der Waals surface area contributed by atoms with E-state index < -0.39 is 0 Å². The van der Waals surface area contributed by atoms with Crippen LogP contribution in [0.15, 0.2) is 42.7 Å². The van der Waals surface area contributed by atoms with Gasteiger partial charge in [-0.05, 0) is 23.8 Å². The monoisotopic (exact) mass is 343 g/mol. The number of nitrogens with zero attached hydrogens (tertiary/aromatic N) is 4. The number of anilines is 1. The number of benzene rings is 1. The van der Waals surface area contributed by atoms with Gasteiger partial charge in [-0.15, -0.1) is 10.2 Å². The first-order chi connectivity index (χ1) is 11.6. The van der Waals surface area contributed by atoms with E-state index in [4.69, 9.17) is 0 Å². The van der Waals surface area contributed by atoms with E-state index in [2.05, 4.69) is 20.6 Å². The molecular formula is C16H14FN5OS. The van der Waals surface area contributed by atoms with E-state index in [-0.39, 0.29) is 11.7 Å². The first-order valence-electron chi connectivity index (χ1n) is 7.13. The Bertz CT molecular complexity index is 886. The number of aromatic nitrogens is 4. The molecule has 2 heterocycles. The molecule has 0 bridgehead atoms. The molecule has 0 saturated carbocycles. The summed E-state index contributed by atoms with van der Waals surface area (Å²) in [6, 6.07) is 6.32. The van der Waals surface area contributed by atoms with Crippen LogP contribution in [0.2, 0.25) is 0 Å². The third-order valence-electron chi connectivity index (χ3n) is 3.09. The van der Waals surface area contributed by atoms with Gasteiger partial charge in [0.25, 0.3) is 0 Å². The Balaban J connectivity index is 1.59. The summed E-state index contributed by atoms with van der Waals surface area (Å²) in [5, 5.41) is 15.7. The fourth-order valence-electron chi connectivity index (χ4n) is 2.04. The fourth-order valence-corrected chi connectivity index (χ4v) is 2.82. The molecule has 0 unspecified atom stereocenters. The van der Waals surface area contributed by atoms with Gasteiger partial charge in [0, 0.05) is 31.3 Å². The van der Waals surface area contributed by atoms with Crippen molar-refractivity contribution < 1.29 is 9.18 Å². The zero-order chi connectivity index (χ0) is 16.9. The van der Waals surface area contributed by atoms with Gasteiger partial charge in [-0.25, -0.2) is 4.39 Å². The molecule has 2 aromatic heterocycles. The summed E-state index contributed by atoms with van der Waals surface area (Å²) in [4.78, 5) is 11.9. The van der Waals surface area contributed by atoms with Crippen molar-refractivity contribution in [3.63, 3.8) is 0 Å². The van der Waals surface area contributed by atoms with Crippen molar-refractivity contribution in [3.05, 3.63) is 64.7 Å². The second-order valence-corrected chi connectivity index (χ2v) is 6.14. The summed E-state index contributed by atoms with van der Waals surface area (Å²) in [5.74, 6) is -0.585. The molecule has 3 aromatic rings. The van der Waals surface area contributed by atoms with Gasteiger partial charge in [0.1, 0.15) is 10.8 Å². The van der Waals surface area contributed by atoms with Gasteiger partial charge in [0.15, 0.2) is 0 Å². The van der Waals surface area contributed by atoms with Crippen LogP contribution >= 0.6 is 11.3 Å². The van der Waals surface area contributed by atoms with Crippen LogP contribution in [0.5, 0.6) is 0 Å². The average Bonchev–Trinajstić information content (AvgIpc) is 3.14. The zero-order valence-corrected chi connectivity index (χ0v) is 13.6. The van der Waals surface area contributed by atoms with Crippen LogP contribution < -0.4 is 5.32 Å². The molecule has 6 nitrogen and oxygen atoms in total. The lowest BCUT2D eigenvalue weighted by molar-refractivity contribution is -0.111. The van der Waals surface area contributed by atoms with Gasteiger partial charge in [0.2, 0.25) is 11.0 Å². The van der Waals surface area contributed by atoms with E-state index in [1.54, 1.807) is 36.3 Å². The SMILES string of the molecule is Cn1cc(C=CC(=O)Nc2nnc(Cc3cccc(F)c3)s2)cn1. The first-order valence-corrected chi connectivity index (χ1v) is 7.95. The van der Waals surface area contributed by atoms with E-state index in [9.17, 15) is 9.18 Å². The summed E-state index contributed by atoms with van der Waals surface area (Å²) < 4.78 is 14.8. The molecular weight excluding hydrogens is 329 g/mol. The Morgan fingerprint density at radius 1 is 1.42 bits per heavy atom. The molecule has 0 aliphatic carbocycles. The quantitative estimate of drug-likeness (QED) is 0.723. The molecule has 0 saturated heterocycles. The highest BCUT2D eigenvalue weighted by Gasteiger charge is 2.07. The minimum atomic E-state index is -0.299. The van der Waals surface area contributed by atoms with E-state index in [0.29, 0.717) is 16.6 Å². The molecule has 8 heteroatoms. The Labute approximate surface area is 141 Å². The minimum absolute atomic E-state index is 0.286. The zero-order valence-electron chi connectivity index (χ0n) is 12.8. The Morgan fingerprint density at radius 3 is 3.04 bits per heavy atom. The second-order valence-electron chi connectivity index (χ2n) is 5.08. The Kier molecular flexibility index (Phi) is 4.76. The third kappa shape index (κ3) is 4.32. The van der Waals surface area contributed by atoms with Crippen molar-refractivity contribution in [1.82, 2.24) is 20.0 Å². The maximum absolute atomic E-state index is 13.2. The third-order valence-corrected chi connectivity index (χ3v) is 3.93. The number of hydrogen-bond acceptors (Lipinski definition) is 5. The van der Waals surface area contributed by atoms with Crippen LogP contribution in [0.3, 0.4) is 0 Å². The lowest BCUT2D eigenvalue weighted by Gasteiger charge is -1.97. The van der Waals surface area contributed by atoms with E-state index in [0.717, 1.165) is 11.1 Å². The minimum Gasteiger partial charge on any atom is -0.297 e. The Morgan fingerprint density at radius 2 is 2.29 bits per heavy atom. The standard InChI is InChI=1S/C16H14FN5OS/c1-22-10-12(9-18-22)5-6-14(23)19-16-21-20-15(24-16)8-11-3-2-4-13(17)7-11/h2-7,9-10H,8H2,1H3,(H,19,21,23). The highest BCUT2D eigenvalue weighted by atomic mass is 32.1. The summed E-state index contributed by atoms with van der Waals surface area (Å²) in [6.07, 6.45) is 7.00. The smallest absolute Gasteiger partial charge is 0.250 e. The van der Waals surface area contributed by atoms with E-state index >= 15 is 0 Å². The molecule has 0 radical (unpaired) electrons. The molecule has 0 aliphatic rings. The normalized spacial score (nSPS) is 11.1. The van der Waals surface area contributed by atoms with E-state index in [1.807, 2.05) is 6.07 Å². The summed E-state index contributed by atoms with van der Waals surface area (Å²) in [6.45, 7) is 0. The van der Waals surface area contributed by atoms with Crippen LogP contribution in [0.4, 0.5) is 9.52 Å². The average molecular weight is 343 g/mol. The van der Waals surface area contributed by atoms with Gasteiger partial charge in [-0.1, -0.05) is 23.5 Å². The topological polar surface area (TPSA) is 72.7 Å². The molecule has 122 valence electrons. The highest BCUT2D eigenvalue weighted by molar-refractivity contribution is 7.15. The van der Waals surface area contributed by atoms with Gasteiger partial charge in [-0.2, -0.15) is 5.10 Å². The highest BCUT2D eigenvalue weighted by Crippen LogP contribution is 2.19. The number of aryl methyl sites for hydroxylation is 1. The number of nitrogens with one attached hydrogen (secondary N) is 1. The molecule has 24 heavy (non-hydrogen) atoms. The predicted octanol–water partition coefficient (Wildman–Crippen LogP) is 2.65. The number of amides is 1. The van der Waals surface area contributed by atoms with Crippen molar-refractivity contribution in [3.8, 4) is 0 Å². The van der Waals surface area contributed by atoms with Crippen LogP contribution in [0, 0.1) is 5.82 Å². The number of carbonyl (C=O) groups is 1. The van der Waals surface area contributed by atoms with Crippen LogP contribution in [-0.2, 0) is 18.3 Å². The van der Waals surface area contributed by atoms with Gasteiger partial charge >= 0.3 is 0 Å². The van der Waals surface area contributed by atoms with Crippen molar-refractivity contribution in [2.24, 2.45) is 7.05 Å². The molecule has 1 amide bonds. The van der Waals surface area contributed by atoms with Gasteiger partial charge in [-0.3, -0.25) is 14.8 Å². The van der Waals surface area contributed by atoms with Crippen molar-refractivity contribution in [1.29, 1.82) is 0 Å². The number of rotatable bonds is 5. The molecule has 0 aliphatic heterocycles. The van der Waals surface area contributed by atoms with Crippen molar-refractivity contribution in [2.45, 2.75) is 6.42 Å². The first kappa shape index (κ1) is 16.0. The largest absolute Gasteiger partial charge is 0.297 e. The van der Waals surface area contributed by atoms with Gasteiger partial charge < -0.3 is 0 Å². The molecule has 3 rings (SSSR count). The molecule has 1 aromatic carbocycles. The molecule has 1 N–H and O–H groups in total. The maximum atomic E-state index is 13.2. The summed E-state index contributed by atoms with van der Waals surface area (Å²) in [7, 11) is 1.80. The number of halogens is 1. The lowest BCUT2D eigenvalue weighted by Crippen LogP contribution is -2.07. The number of hydrogen-bond donors (Lipinski definition) is 1. The number of carbonyl (C=O) groups excluding carboxylic acids is 1. The predicted molar refractivity (Wildman–Crippen MR) is 90.0 cm³/mol. The fraction of sp³-hybridized carbons (Fsp3) is 0.125. The summed E-state index contributed by atoms with van der Waals surface area (Å²) in [5.41, 5.74) is 1.64. The lowest BCUT2D eigenvalue weighted by atomic mass is 10.1. The second kappa shape index (κ2) is 7.14. The van der Waals surface area contributed by atoms with Crippen molar-refractivity contribution in [2.75, 3.05) is 5.32 Å². The van der Waals surface area contributed by atoms with Crippen LogP contribution in [0.1, 0.15) is 16.1 Å². The maximum Gasteiger partial charge on any atom is 0.250 e. The Hall–Kier alpha value is -2.87. The molecule has 0 atom stereocenters. The van der Waals surface area contributed by atoms with E-state index in [1.165, 1.54) is 29.5 Å². The summed E-state index contributed by atoms with van der Waals surface area (Å²) >= 11 is 1.26. The van der Waals surface area contributed by atoms with Crippen LogP contribution in [0.25, 0.3) is 6.08 Å².